The topological polar surface area (TPSA) is 41.9 Å². The van der Waals surface area contributed by atoms with E-state index in [2.05, 4.69) is 15.7 Å². The quantitative estimate of drug-likeness (QED) is 0.671. The molecule has 0 saturated carbocycles. The minimum Gasteiger partial charge on any atom is -0.331 e. The molecular weight excluding hydrogens is 347 g/mol. The summed E-state index contributed by atoms with van der Waals surface area (Å²) in [4.78, 5) is 0. The molecule has 0 unspecified atom stereocenters. The van der Waals surface area contributed by atoms with E-state index in [1.807, 2.05) is 18.2 Å². The first kappa shape index (κ1) is 16.4. The highest BCUT2D eigenvalue weighted by atomic mass is 35.5. The maximum absolute atomic E-state index is 13.7. The molecule has 7 heteroatoms. The summed E-state index contributed by atoms with van der Waals surface area (Å²) in [5.41, 5.74) is 1.28. The molecule has 0 aliphatic carbocycles. The van der Waals surface area contributed by atoms with E-state index >= 15 is 0 Å². The zero-order valence-corrected chi connectivity index (χ0v) is 14.1. The van der Waals surface area contributed by atoms with Crippen molar-refractivity contribution in [2.45, 2.75) is 6.54 Å². The van der Waals surface area contributed by atoms with Crippen molar-refractivity contribution >= 4 is 40.4 Å². The fourth-order valence-corrected chi connectivity index (χ4v) is 2.55. The van der Waals surface area contributed by atoms with Crippen molar-refractivity contribution in [1.29, 1.82) is 0 Å². The van der Waals surface area contributed by atoms with E-state index in [1.165, 1.54) is 6.07 Å². The van der Waals surface area contributed by atoms with Crippen LogP contribution >= 0.6 is 23.8 Å². The summed E-state index contributed by atoms with van der Waals surface area (Å²) in [7, 11) is 0. The van der Waals surface area contributed by atoms with Crippen LogP contribution in [0.1, 0.15) is 5.56 Å². The third-order valence-electron chi connectivity index (χ3n) is 3.29. The van der Waals surface area contributed by atoms with Crippen molar-refractivity contribution in [3.63, 3.8) is 0 Å². The van der Waals surface area contributed by atoms with Gasteiger partial charge >= 0.3 is 0 Å². The lowest BCUT2D eigenvalue weighted by Crippen LogP contribution is -2.19. The van der Waals surface area contributed by atoms with Gasteiger partial charge in [-0.05, 0) is 30.4 Å². The molecule has 24 heavy (non-hydrogen) atoms. The number of para-hydroxylation sites is 1. The lowest BCUT2D eigenvalue weighted by atomic mass is 10.2. The summed E-state index contributed by atoms with van der Waals surface area (Å²) in [6, 6.07) is 15.7. The average Bonchev–Trinajstić information content (AvgIpc) is 2.99. The highest BCUT2D eigenvalue weighted by molar-refractivity contribution is 7.80. The molecular formula is C17H14ClFN4S. The highest BCUT2D eigenvalue weighted by Gasteiger charge is 2.06. The van der Waals surface area contributed by atoms with Gasteiger partial charge in [-0.2, -0.15) is 5.10 Å². The van der Waals surface area contributed by atoms with Gasteiger partial charge in [0.15, 0.2) is 10.9 Å². The van der Waals surface area contributed by atoms with Crippen LogP contribution in [0.4, 0.5) is 15.9 Å². The Morgan fingerprint density at radius 1 is 1.08 bits per heavy atom. The Morgan fingerprint density at radius 3 is 2.62 bits per heavy atom. The highest BCUT2D eigenvalue weighted by Crippen LogP contribution is 2.20. The number of thiocarbonyl (C=S) groups is 1. The molecule has 4 nitrogen and oxygen atoms in total. The number of halogens is 2. The SMILES string of the molecule is Fc1ccccc1Cn1ccc(NC(=S)Nc2ccccc2Cl)n1. The number of nitrogens with zero attached hydrogens (tertiary/aromatic N) is 2. The maximum Gasteiger partial charge on any atom is 0.176 e. The number of aromatic nitrogens is 2. The third-order valence-corrected chi connectivity index (χ3v) is 3.83. The number of rotatable bonds is 4. The van der Waals surface area contributed by atoms with Gasteiger partial charge in [0.05, 0.1) is 17.3 Å². The molecule has 0 atom stereocenters. The van der Waals surface area contributed by atoms with Crippen LogP contribution in [0.5, 0.6) is 0 Å². The Labute approximate surface area is 149 Å². The molecule has 2 N–H and O–H groups in total. The van der Waals surface area contributed by atoms with Crippen LogP contribution in [-0.4, -0.2) is 14.9 Å². The summed E-state index contributed by atoms with van der Waals surface area (Å²) in [6.45, 7) is 0.346. The van der Waals surface area contributed by atoms with Crippen molar-refractivity contribution in [2.75, 3.05) is 10.6 Å². The van der Waals surface area contributed by atoms with E-state index in [0.29, 0.717) is 33.7 Å². The second kappa shape index (κ2) is 7.42. The Balaban J connectivity index is 1.63. The largest absolute Gasteiger partial charge is 0.331 e. The van der Waals surface area contributed by atoms with Crippen molar-refractivity contribution in [3.05, 3.63) is 77.2 Å². The Morgan fingerprint density at radius 2 is 1.83 bits per heavy atom. The fourth-order valence-electron chi connectivity index (χ4n) is 2.15. The lowest BCUT2D eigenvalue weighted by Gasteiger charge is -2.09. The number of benzene rings is 2. The molecule has 3 aromatic rings. The minimum atomic E-state index is -0.251. The molecule has 122 valence electrons. The first-order valence-electron chi connectivity index (χ1n) is 7.21. The number of hydrogen-bond donors (Lipinski definition) is 2. The summed E-state index contributed by atoms with van der Waals surface area (Å²) >= 11 is 11.3. The smallest absolute Gasteiger partial charge is 0.176 e. The van der Waals surface area contributed by atoms with Crippen LogP contribution in [0.15, 0.2) is 60.8 Å². The summed E-state index contributed by atoms with van der Waals surface area (Å²) in [5.74, 6) is 0.314. The monoisotopic (exact) mass is 360 g/mol. The zero-order valence-electron chi connectivity index (χ0n) is 12.5. The molecule has 0 spiro atoms. The summed E-state index contributed by atoms with van der Waals surface area (Å²) in [5, 5.41) is 11.3. The molecule has 0 aliphatic heterocycles. The molecule has 0 fully saturated rings. The van der Waals surface area contributed by atoms with Crippen LogP contribution < -0.4 is 10.6 Å². The van der Waals surface area contributed by atoms with Gasteiger partial charge in [0.2, 0.25) is 0 Å². The molecule has 0 radical (unpaired) electrons. The van der Waals surface area contributed by atoms with Gasteiger partial charge in [0, 0.05) is 17.8 Å². The molecule has 0 bridgehead atoms. The summed E-state index contributed by atoms with van der Waals surface area (Å²) < 4.78 is 15.3. The molecule has 1 aromatic heterocycles. The van der Waals surface area contributed by atoms with E-state index < -0.39 is 0 Å². The lowest BCUT2D eigenvalue weighted by molar-refractivity contribution is 0.586. The van der Waals surface area contributed by atoms with Gasteiger partial charge in [0.25, 0.3) is 0 Å². The zero-order chi connectivity index (χ0) is 16.9. The van der Waals surface area contributed by atoms with Crippen LogP contribution in [0.3, 0.4) is 0 Å². The van der Waals surface area contributed by atoms with Crippen LogP contribution in [0.25, 0.3) is 0 Å². The van der Waals surface area contributed by atoms with Gasteiger partial charge in [-0.15, -0.1) is 0 Å². The van der Waals surface area contributed by atoms with Gasteiger partial charge < -0.3 is 10.6 Å². The van der Waals surface area contributed by atoms with E-state index in [-0.39, 0.29) is 5.82 Å². The third kappa shape index (κ3) is 4.10. The first-order chi connectivity index (χ1) is 11.6. The van der Waals surface area contributed by atoms with Gasteiger partial charge in [0.1, 0.15) is 5.82 Å². The van der Waals surface area contributed by atoms with E-state index in [0.717, 1.165) is 0 Å². The number of nitrogens with one attached hydrogen (secondary N) is 2. The van der Waals surface area contributed by atoms with E-state index in [4.69, 9.17) is 23.8 Å². The molecule has 0 amide bonds. The minimum absolute atomic E-state index is 0.251. The Kier molecular flexibility index (Phi) is 5.08. The predicted molar refractivity (Wildman–Crippen MR) is 99.0 cm³/mol. The molecule has 1 heterocycles. The van der Waals surface area contributed by atoms with Crippen molar-refractivity contribution in [1.82, 2.24) is 9.78 Å². The van der Waals surface area contributed by atoms with Crippen molar-refractivity contribution in [2.24, 2.45) is 0 Å². The second-order valence-corrected chi connectivity index (χ2v) is 5.86. The van der Waals surface area contributed by atoms with Gasteiger partial charge in [-0.25, -0.2) is 4.39 Å². The van der Waals surface area contributed by atoms with E-state index in [1.54, 1.807) is 41.2 Å². The standard InChI is InChI=1S/C17H14ClFN4S/c18-13-6-2-4-8-15(13)20-17(24)21-16-9-10-23(22-16)11-12-5-1-3-7-14(12)19/h1-10H,11H2,(H2,20,21,22,24). The first-order valence-corrected chi connectivity index (χ1v) is 8.00. The Hall–Kier alpha value is -2.44. The number of hydrogen-bond acceptors (Lipinski definition) is 2. The second-order valence-electron chi connectivity index (χ2n) is 5.05. The molecule has 3 rings (SSSR count). The molecule has 0 aliphatic rings. The van der Waals surface area contributed by atoms with E-state index in [9.17, 15) is 4.39 Å². The maximum atomic E-state index is 13.7. The molecule has 0 saturated heterocycles. The Bertz CT molecular complexity index is 865. The number of anilines is 2. The van der Waals surface area contributed by atoms with Crippen LogP contribution in [-0.2, 0) is 6.54 Å². The van der Waals surface area contributed by atoms with Crippen LogP contribution in [0, 0.1) is 5.82 Å². The van der Waals surface area contributed by atoms with Crippen molar-refractivity contribution in [3.8, 4) is 0 Å². The summed E-state index contributed by atoms with van der Waals surface area (Å²) in [6.07, 6.45) is 1.76. The fraction of sp³-hybridized carbons (Fsp3) is 0.0588. The van der Waals surface area contributed by atoms with Gasteiger partial charge in [-0.1, -0.05) is 41.9 Å². The van der Waals surface area contributed by atoms with Crippen LogP contribution in [0.2, 0.25) is 5.02 Å². The van der Waals surface area contributed by atoms with Crippen molar-refractivity contribution < 1.29 is 4.39 Å². The predicted octanol–water partition coefficient (Wildman–Crippen LogP) is 4.53. The normalized spacial score (nSPS) is 10.4. The average molecular weight is 361 g/mol. The molecule has 2 aromatic carbocycles. The van der Waals surface area contributed by atoms with Gasteiger partial charge in [-0.3, -0.25) is 4.68 Å².